The molecule has 3 N–H and O–H groups in total. The third-order valence-corrected chi connectivity index (χ3v) is 5.12. The predicted molar refractivity (Wildman–Crippen MR) is 116 cm³/mol. The van der Waals surface area contributed by atoms with E-state index in [1.165, 1.54) is 0 Å². The van der Waals surface area contributed by atoms with Gasteiger partial charge >= 0.3 is 0 Å². The number of hydrogen-bond donors (Lipinski definition) is 2. The zero-order chi connectivity index (χ0) is 22.0. The van der Waals surface area contributed by atoms with Crippen LogP contribution in [0.15, 0.2) is 42.7 Å². The predicted octanol–water partition coefficient (Wildman–Crippen LogP) is 2.71. The number of quaternary nitrogens is 1. The summed E-state index contributed by atoms with van der Waals surface area (Å²) >= 11 is 0. The molecule has 0 atom stereocenters. The van der Waals surface area contributed by atoms with E-state index in [0.29, 0.717) is 28.0 Å². The lowest BCUT2D eigenvalue weighted by molar-refractivity contribution is -0.539. The molecule has 3 aromatic rings. The van der Waals surface area contributed by atoms with Crippen LogP contribution in [0, 0.1) is 16.7 Å². The molecule has 2 heterocycles. The van der Waals surface area contributed by atoms with E-state index in [-0.39, 0.29) is 23.7 Å². The fourth-order valence-corrected chi connectivity index (χ4v) is 3.75. The van der Waals surface area contributed by atoms with Crippen LogP contribution in [-0.2, 0) is 0 Å². The monoisotopic (exact) mass is 403 g/mol. The van der Waals surface area contributed by atoms with E-state index in [2.05, 4.69) is 11.1 Å². The molecule has 0 bridgehead atoms. The number of nitrogens with one attached hydrogen (secondary N) is 1. The van der Waals surface area contributed by atoms with Gasteiger partial charge in [-0.2, -0.15) is 5.26 Å². The van der Waals surface area contributed by atoms with E-state index in [9.17, 15) is 10.1 Å². The molecule has 3 rings (SSSR count). The van der Waals surface area contributed by atoms with Crippen molar-refractivity contribution in [2.45, 2.75) is 39.8 Å². The maximum Gasteiger partial charge on any atom is 0.254 e. The highest BCUT2D eigenvalue weighted by atomic mass is 16.2. The van der Waals surface area contributed by atoms with Crippen LogP contribution >= 0.6 is 0 Å². The van der Waals surface area contributed by atoms with E-state index in [0.717, 1.165) is 5.69 Å². The highest BCUT2D eigenvalue weighted by molar-refractivity contribution is 6.13. The first-order valence-corrected chi connectivity index (χ1v) is 10.0. The van der Waals surface area contributed by atoms with Crippen LogP contribution in [0.2, 0.25) is 0 Å². The Kier molecular flexibility index (Phi) is 5.99. The second-order valence-electron chi connectivity index (χ2n) is 7.77. The molecule has 2 aromatic heterocycles. The second-order valence-corrected chi connectivity index (χ2v) is 7.77. The first-order valence-electron chi connectivity index (χ1n) is 10.0. The number of rotatable bonds is 6. The Morgan fingerprint density at radius 1 is 1.20 bits per heavy atom. The number of nitrogens with two attached hydrogens (primary N) is 1. The van der Waals surface area contributed by atoms with Gasteiger partial charge in [0.2, 0.25) is 0 Å². The fourth-order valence-electron chi connectivity index (χ4n) is 3.75. The van der Waals surface area contributed by atoms with Crippen LogP contribution in [0.1, 0.15) is 54.9 Å². The molecular formula is C23H27N6O+. The first kappa shape index (κ1) is 21.2. The van der Waals surface area contributed by atoms with E-state index in [1.807, 2.05) is 57.1 Å². The third-order valence-electron chi connectivity index (χ3n) is 5.12. The maximum absolute atomic E-state index is 13.1. The minimum absolute atomic E-state index is 0.0188. The maximum atomic E-state index is 13.1. The van der Waals surface area contributed by atoms with Crippen molar-refractivity contribution in [3.05, 3.63) is 65.1 Å². The van der Waals surface area contributed by atoms with E-state index in [1.54, 1.807) is 35.0 Å². The molecule has 7 heteroatoms. The van der Waals surface area contributed by atoms with Gasteiger partial charge in [0.05, 0.1) is 35.8 Å². The number of fused-ring (bicyclic) bond motifs is 1. The number of hydrogen-bond acceptors (Lipinski definition) is 4. The van der Waals surface area contributed by atoms with Crippen molar-refractivity contribution in [2.24, 2.45) is 0 Å². The van der Waals surface area contributed by atoms with Crippen molar-refractivity contribution < 1.29 is 10.1 Å². The van der Waals surface area contributed by atoms with Crippen molar-refractivity contribution in [2.75, 3.05) is 7.05 Å². The van der Waals surface area contributed by atoms with Crippen molar-refractivity contribution >= 4 is 23.0 Å². The molecule has 0 saturated carbocycles. The normalized spacial score (nSPS) is 11.1. The summed E-state index contributed by atoms with van der Waals surface area (Å²) in [5, 5.41) is 19.9. The van der Waals surface area contributed by atoms with Gasteiger partial charge in [-0.15, -0.1) is 0 Å². The van der Waals surface area contributed by atoms with Gasteiger partial charge < -0.3 is 10.2 Å². The molecule has 0 fully saturated rings. The fraction of sp³-hybridized carbons (Fsp3) is 0.304. The molecule has 0 aliphatic carbocycles. The average Bonchev–Trinajstić information content (AvgIpc) is 3.15. The van der Waals surface area contributed by atoms with Crippen LogP contribution in [0.3, 0.4) is 0 Å². The number of aromatic nitrogens is 2. The van der Waals surface area contributed by atoms with Crippen LogP contribution in [0.4, 0.5) is 5.69 Å². The lowest BCUT2D eigenvalue weighted by Crippen LogP contribution is -2.73. The molecule has 0 saturated heterocycles. The molecular weight excluding hydrogens is 376 g/mol. The molecule has 0 aliphatic heterocycles. The Hall–Kier alpha value is -3.50. The van der Waals surface area contributed by atoms with Crippen LogP contribution in [0.5, 0.6) is 0 Å². The molecule has 154 valence electrons. The quantitative estimate of drug-likeness (QED) is 0.489. The molecule has 0 aliphatic rings. The number of nitriles is 1. The van der Waals surface area contributed by atoms with E-state index >= 15 is 0 Å². The Morgan fingerprint density at radius 3 is 2.50 bits per heavy atom. The van der Waals surface area contributed by atoms with E-state index < -0.39 is 0 Å². The zero-order valence-corrected chi connectivity index (χ0v) is 18.0. The highest BCUT2D eigenvalue weighted by Crippen LogP contribution is 2.21. The lowest BCUT2D eigenvalue weighted by Gasteiger charge is -2.31. The summed E-state index contributed by atoms with van der Waals surface area (Å²) in [7, 11) is 1.89. The molecule has 7 nitrogen and oxygen atoms in total. The lowest BCUT2D eigenvalue weighted by atomic mass is 10.0. The van der Waals surface area contributed by atoms with Crippen LogP contribution in [0.25, 0.3) is 5.65 Å². The van der Waals surface area contributed by atoms with Crippen LogP contribution in [-0.4, -0.2) is 45.0 Å². The van der Waals surface area contributed by atoms with Gasteiger partial charge in [-0.05, 0) is 52.0 Å². The van der Waals surface area contributed by atoms with Gasteiger partial charge in [0.15, 0.2) is 0 Å². The van der Waals surface area contributed by atoms with Crippen molar-refractivity contribution in [1.82, 2.24) is 14.3 Å². The van der Waals surface area contributed by atoms with Crippen LogP contribution < -0.4 is 5.32 Å². The number of amides is 1. The molecule has 1 amide bonds. The van der Waals surface area contributed by atoms with Gasteiger partial charge in [-0.1, -0.05) is 0 Å². The number of pyridine rings is 1. The number of carbonyl (C=O) groups excluding carboxylic acids is 1. The number of benzene rings is 1. The summed E-state index contributed by atoms with van der Waals surface area (Å²) in [5.41, 5.74) is 4.17. The molecule has 1 aromatic carbocycles. The van der Waals surface area contributed by atoms with Crippen molar-refractivity contribution in [1.29, 1.82) is 10.7 Å². The zero-order valence-electron chi connectivity index (χ0n) is 18.0. The third kappa shape index (κ3) is 3.82. The SMILES string of the molecule is C[NH2+]c1cc(C(=O)N(C(C)C)C(C)C)ccc1C(=N)c1cnc2ccc(C#N)cn12. The Balaban J connectivity index is 2.03. The summed E-state index contributed by atoms with van der Waals surface area (Å²) in [5.74, 6) is -0.0188. The smallest absolute Gasteiger partial charge is 0.254 e. The second kappa shape index (κ2) is 8.47. The minimum Gasteiger partial charge on any atom is -0.334 e. The molecule has 0 spiro atoms. The molecule has 0 unspecified atom stereocenters. The van der Waals surface area contributed by atoms with Gasteiger partial charge in [0.1, 0.15) is 17.4 Å². The summed E-state index contributed by atoms with van der Waals surface area (Å²) in [6.45, 7) is 8.04. The summed E-state index contributed by atoms with van der Waals surface area (Å²) in [4.78, 5) is 19.3. The molecule has 30 heavy (non-hydrogen) atoms. The van der Waals surface area contributed by atoms with Crippen molar-refractivity contribution in [3.63, 3.8) is 0 Å². The number of nitrogens with zero attached hydrogens (tertiary/aromatic N) is 4. The topological polar surface area (TPSA) is 102 Å². The van der Waals surface area contributed by atoms with Gasteiger partial charge in [-0.25, -0.2) is 4.98 Å². The summed E-state index contributed by atoms with van der Waals surface area (Å²) < 4.78 is 1.75. The van der Waals surface area contributed by atoms with Gasteiger partial charge in [0, 0.05) is 29.9 Å². The van der Waals surface area contributed by atoms with Gasteiger partial charge in [0.25, 0.3) is 5.91 Å². The minimum atomic E-state index is -0.0188. The average molecular weight is 404 g/mol. The number of imidazole rings is 1. The van der Waals surface area contributed by atoms with Crippen molar-refractivity contribution in [3.8, 4) is 6.07 Å². The number of carbonyl (C=O) groups is 1. The standard InChI is InChI=1S/C23H26N6O/c1-14(2)29(15(3)4)23(30)17-7-8-18(19(10-17)26-5)22(25)20-12-27-21-9-6-16(11-24)13-28(20)21/h6-10,12-15,25-26H,1-5H3/p+1. The summed E-state index contributed by atoms with van der Waals surface area (Å²) in [6.07, 6.45) is 3.32. The molecule has 0 radical (unpaired) electrons. The Morgan fingerprint density at radius 2 is 1.90 bits per heavy atom. The van der Waals surface area contributed by atoms with E-state index in [4.69, 9.17) is 5.41 Å². The van der Waals surface area contributed by atoms with Gasteiger partial charge in [-0.3, -0.25) is 14.6 Å². The highest BCUT2D eigenvalue weighted by Gasteiger charge is 2.24. The Bertz CT molecular complexity index is 1140. The first-order chi connectivity index (χ1) is 14.3. The Labute approximate surface area is 176 Å². The largest absolute Gasteiger partial charge is 0.334 e. The summed E-state index contributed by atoms with van der Waals surface area (Å²) in [6, 6.07) is 11.2.